The number of thioether (sulfide) groups is 1. The number of amides is 1. The van der Waals surface area contributed by atoms with Crippen LogP contribution < -0.4 is 5.32 Å². The molecule has 1 aromatic rings. The minimum absolute atomic E-state index is 0.127. The van der Waals surface area contributed by atoms with E-state index in [0.29, 0.717) is 5.17 Å². The maximum Gasteiger partial charge on any atom is 0.313 e. The fourth-order valence-electron chi connectivity index (χ4n) is 1.35. The van der Waals surface area contributed by atoms with E-state index >= 15 is 0 Å². The van der Waals surface area contributed by atoms with Crippen molar-refractivity contribution in [3.63, 3.8) is 0 Å². The summed E-state index contributed by atoms with van der Waals surface area (Å²) in [7, 11) is 0. The second-order valence-electron chi connectivity index (χ2n) is 3.49. The molecule has 2 N–H and O–H groups in total. The third-order valence-electron chi connectivity index (χ3n) is 2.11. The van der Waals surface area contributed by atoms with Gasteiger partial charge in [0, 0.05) is 0 Å². The summed E-state index contributed by atoms with van der Waals surface area (Å²) in [5.41, 5.74) is 1.16. The second kappa shape index (κ2) is 5.50. The van der Waals surface area contributed by atoms with Crippen LogP contribution in [-0.4, -0.2) is 27.9 Å². The van der Waals surface area contributed by atoms with E-state index < -0.39 is 5.97 Å². The zero-order chi connectivity index (χ0) is 13.0. The zero-order valence-corrected chi connectivity index (χ0v) is 10.1. The summed E-state index contributed by atoms with van der Waals surface area (Å²) < 4.78 is 0. The van der Waals surface area contributed by atoms with Gasteiger partial charge in [0.2, 0.25) is 0 Å². The van der Waals surface area contributed by atoms with Crippen LogP contribution in [0.5, 0.6) is 0 Å². The number of hydrogen-bond donors (Lipinski definition) is 2. The molecule has 18 heavy (non-hydrogen) atoms. The number of aliphatic imine (C=N–C) groups is 1. The molecule has 1 heterocycles. The van der Waals surface area contributed by atoms with Gasteiger partial charge in [0.15, 0.2) is 5.17 Å². The van der Waals surface area contributed by atoms with E-state index in [1.54, 1.807) is 6.08 Å². The van der Waals surface area contributed by atoms with Gasteiger partial charge in [-0.25, -0.2) is 4.99 Å². The summed E-state index contributed by atoms with van der Waals surface area (Å²) in [5, 5.41) is 11.4. The molecule has 0 fully saturated rings. The molecule has 0 saturated carbocycles. The van der Waals surface area contributed by atoms with Gasteiger partial charge in [-0.3, -0.25) is 14.9 Å². The quantitative estimate of drug-likeness (QED) is 0.805. The van der Waals surface area contributed by atoms with E-state index in [0.717, 1.165) is 17.3 Å². The van der Waals surface area contributed by atoms with E-state index in [-0.39, 0.29) is 17.4 Å². The summed E-state index contributed by atoms with van der Waals surface area (Å²) >= 11 is 0.988. The smallest absolute Gasteiger partial charge is 0.313 e. The van der Waals surface area contributed by atoms with Crippen molar-refractivity contribution in [3.05, 3.63) is 41.6 Å². The van der Waals surface area contributed by atoms with Crippen LogP contribution in [0.15, 0.2) is 41.0 Å². The second-order valence-corrected chi connectivity index (χ2v) is 4.46. The highest BCUT2D eigenvalue weighted by molar-refractivity contribution is 8.14. The first-order chi connectivity index (χ1) is 8.65. The average molecular weight is 262 g/mol. The summed E-state index contributed by atoms with van der Waals surface area (Å²) in [6.07, 6.45) is 1.66. The van der Waals surface area contributed by atoms with Crippen molar-refractivity contribution in [2.45, 2.75) is 0 Å². The highest BCUT2D eigenvalue weighted by Crippen LogP contribution is 2.16. The monoisotopic (exact) mass is 262 g/mol. The van der Waals surface area contributed by atoms with Gasteiger partial charge in [0.1, 0.15) is 5.70 Å². The third-order valence-corrected chi connectivity index (χ3v) is 2.97. The number of aliphatic carboxylic acids is 1. The van der Waals surface area contributed by atoms with Gasteiger partial charge in [0.05, 0.1) is 5.75 Å². The van der Waals surface area contributed by atoms with Crippen LogP contribution >= 0.6 is 11.8 Å². The van der Waals surface area contributed by atoms with Crippen molar-refractivity contribution in [2.75, 3.05) is 5.75 Å². The van der Waals surface area contributed by atoms with Gasteiger partial charge in [-0.15, -0.1) is 0 Å². The fourth-order valence-corrected chi connectivity index (χ4v) is 1.94. The Kier molecular flexibility index (Phi) is 3.78. The Labute approximate surface area is 108 Å². The van der Waals surface area contributed by atoms with Gasteiger partial charge in [-0.05, 0) is 11.6 Å². The summed E-state index contributed by atoms with van der Waals surface area (Å²) in [6.45, 7) is 0. The average Bonchev–Trinajstić information content (AvgIpc) is 2.69. The van der Waals surface area contributed by atoms with Crippen molar-refractivity contribution in [2.24, 2.45) is 4.99 Å². The van der Waals surface area contributed by atoms with Crippen molar-refractivity contribution in [1.29, 1.82) is 0 Å². The fraction of sp³-hybridized carbons (Fsp3) is 0.0833. The Balaban J connectivity index is 2.12. The molecule has 0 radical (unpaired) electrons. The van der Waals surface area contributed by atoms with Crippen LogP contribution in [-0.2, 0) is 9.59 Å². The molecule has 0 saturated heterocycles. The molecular weight excluding hydrogens is 252 g/mol. The van der Waals surface area contributed by atoms with Gasteiger partial charge in [-0.2, -0.15) is 0 Å². The van der Waals surface area contributed by atoms with E-state index in [1.165, 1.54) is 0 Å². The first-order valence-electron chi connectivity index (χ1n) is 5.16. The van der Waals surface area contributed by atoms with E-state index in [9.17, 15) is 9.59 Å². The maximum atomic E-state index is 11.6. The predicted octanol–water partition coefficient (Wildman–Crippen LogP) is 1.33. The van der Waals surface area contributed by atoms with Gasteiger partial charge in [-0.1, -0.05) is 42.1 Å². The number of carboxylic acid groups (broad SMARTS) is 1. The summed E-state index contributed by atoms with van der Waals surface area (Å²) in [4.78, 5) is 26.0. The van der Waals surface area contributed by atoms with Gasteiger partial charge >= 0.3 is 5.97 Å². The molecule has 1 aliphatic heterocycles. The van der Waals surface area contributed by atoms with E-state index in [1.807, 2.05) is 30.3 Å². The molecule has 1 amide bonds. The number of amidine groups is 1. The lowest BCUT2D eigenvalue weighted by Crippen LogP contribution is -2.22. The van der Waals surface area contributed by atoms with Crippen LogP contribution in [0.4, 0.5) is 0 Å². The Bertz CT molecular complexity index is 538. The molecule has 92 valence electrons. The molecule has 0 aromatic heterocycles. The van der Waals surface area contributed by atoms with Crippen LogP contribution in [0.2, 0.25) is 0 Å². The molecule has 0 bridgehead atoms. The molecule has 0 atom stereocenters. The van der Waals surface area contributed by atoms with Crippen molar-refractivity contribution in [1.82, 2.24) is 5.32 Å². The number of carboxylic acids is 1. The van der Waals surface area contributed by atoms with Gasteiger partial charge < -0.3 is 5.11 Å². The standard InChI is InChI=1S/C12H10N2O3S/c15-10(16)7-18-12-13-9(11(17)14-12)6-8-4-2-1-3-5-8/h1-6H,7H2,(H,15,16)(H,13,14,17)/b9-6-. The summed E-state index contributed by atoms with van der Waals surface area (Å²) in [5.74, 6) is -1.39. The first-order valence-corrected chi connectivity index (χ1v) is 6.15. The Morgan fingerprint density at radius 1 is 1.39 bits per heavy atom. The number of nitrogens with one attached hydrogen (secondary N) is 1. The lowest BCUT2D eigenvalue weighted by molar-refractivity contribution is -0.133. The molecular formula is C12H10N2O3S. The Hall–Kier alpha value is -2.08. The summed E-state index contributed by atoms with van der Waals surface area (Å²) in [6, 6.07) is 9.33. The molecule has 1 aromatic carbocycles. The SMILES string of the molecule is O=C(O)CSC1=N/C(=C\c2ccccc2)C(=O)N1. The maximum absolute atomic E-state index is 11.6. The minimum atomic E-state index is -0.947. The van der Waals surface area contributed by atoms with Crippen LogP contribution in [0, 0.1) is 0 Å². The number of benzene rings is 1. The lowest BCUT2D eigenvalue weighted by Gasteiger charge is -1.95. The highest BCUT2D eigenvalue weighted by atomic mass is 32.2. The number of hydrogen-bond acceptors (Lipinski definition) is 4. The molecule has 0 aliphatic carbocycles. The van der Waals surface area contributed by atoms with E-state index in [4.69, 9.17) is 5.11 Å². The highest BCUT2D eigenvalue weighted by Gasteiger charge is 2.20. The van der Waals surface area contributed by atoms with E-state index in [2.05, 4.69) is 10.3 Å². The molecule has 2 rings (SSSR count). The van der Waals surface area contributed by atoms with Crippen molar-refractivity contribution >= 4 is 34.9 Å². The van der Waals surface area contributed by atoms with Crippen molar-refractivity contribution in [3.8, 4) is 0 Å². The largest absolute Gasteiger partial charge is 0.481 e. The predicted molar refractivity (Wildman–Crippen MR) is 70.1 cm³/mol. The molecule has 0 unspecified atom stereocenters. The molecule has 6 heteroatoms. The number of rotatable bonds is 3. The number of carbonyl (C=O) groups is 2. The minimum Gasteiger partial charge on any atom is -0.481 e. The van der Waals surface area contributed by atoms with Crippen LogP contribution in [0.25, 0.3) is 6.08 Å². The molecule has 0 spiro atoms. The first kappa shape index (κ1) is 12.4. The Morgan fingerprint density at radius 3 is 2.78 bits per heavy atom. The van der Waals surface area contributed by atoms with Crippen LogP contribution in [0.1, 0.15) is 5.56 Å². The third kappa shape index (κ3) is 3.21. The Morgan fingerprint density at radius 2 is 2.11 bits per heavy atom. The zero-order valence-electron chi connectivity index (χ0n) is 9.29. The number of nitrogens with zero attached hydrogens (tertiary/aromatic N) is 1. The van der Waals surface area contributed by atoms with Gasteiger partial charge in [0.25, 0.3) is 5.91 Å². The molecule has 5 nitrogen and oxygen atoms in total. The van der Waals surface area contributed by atoms with Crippen LogP contribution in [0.3, 0.4) is 0 Å². The lowest BCUT2D eigenvalue weighted by atomic mass is 10.2. The topological polar surface area (TPSA) is 78.8 Å². The van der Waals surface area contributed by atoms with Crippen molar-refractivity contribution < 1.29 is 14.7 Å². The number of carbonyl (C=O) groups excluding carboxylic acids is 1. The molecule has 1 aliphatic rings. The normalized spacial score (nSPS) is 16.6.